The molecule has 0 saturated heterocycles. The average Bonchev–Trinajstić information content (AvgIpc) is 2.64. The largest absolute Gasteiger partial charge is 0.398 e. The molecule has 2 rings (SSSR count). The number of carbonyl (C=O) groups is 1. The van der Waals surface area contributed by atoms with Gasteiger partial charge in [-0.15, -0.1) is 0 Å². The van der Waals surface area contributed by atoms with Gasteiger partial charge >= 0.3 is 0 Å². The third kappa shape index (κ3) is 2.50. The summed E-state index contributed by atoms with van der Waals surface area (Å²) < 4.78 is 0. The van der Waals surface area contributed by atoms with Crippen LogP contribution in [0.5, 0.6) is 0 Å². The maximum absolute atomic E-state index is 12.1. The molecule has 98 valence electrons. The predicted octanol–water partition coefficient (Wildman–Crippen LogP) is 2.74. The Bertz CT molecular complexity index is 456. The summed E-state index contributed by atoms with van der Waals surface area (Å²) in [4.78, 5) is 12.1. The van der Waals surface area contributed by atoms with Gasteiger partial charge in [0, 0.05) is 17.3 Å². The van der Waals surface area contributed by atoms with Crippen LogP contribution in [0.3, 0.4) is 0 Å². The topological polar surface area (TPSA) is 55.1 Å². The van der Waals surface area contributed by atoms with E-state index in [4.69, 9.17) is 5.73 Å². The van der Waals surface area contributed by atoms with Crippen LogP contribution in [-0.4, -0.2) is 11.9 Å². The Balaban J connectivity index is 2.06. The second-order valence-corrected chi connectivity index (χ2v) is 5.57. The Hall–Kier alpha value is -1.51. The summed E-state index contributed by atoms with van der Waals surface area (Å²) in [5.74, 6) is 1.24. The quantitative estimate of drug-likeness (QED) is 0.788. The minimum atomic E-state index is -0.00681. The number of nitrogens with two attached hydrogens (primary N) is 1. The Morgan fingerprint density at radius 2 is 2.06 bits per heavy atom. The van der Waals surface area contributed by atoms with Crippen LogP contribution >= 0.6 is 0 Å². The molecule has 1 aromatic rings. The van der Waals surface area contributed by atoms with Gasteiger partial charge in [-0.05, 0) is 49.3 Å². The van der Waals surface area contributed by atoms with Gasteiger partial charge in [-0.25, -0.2) is 0 Å². The van der Waals surface area contributed by atoms with E-state index >= 15 is 0 Å². The molecular weight excluding hydrogens is 224 g/mol. The number of carbonyl (C=O) groups excluding carboxylic acids is 1. The second-order valence-electron chi connectivity index (χ2n) is 5.57. The third-order valence-electron chi connectivity index (χ3n) is 4.32. The first-order valence-corrected chi connectivity index (χ1v) is 6.66. The SMILES string of the molecule is Cc1ccc(C(=O)NC2CCC(C)C2C)cc1N. The molecule has 0 spiro atoms. The van der Waals surface area contributed by atoms with Crippen molar-refractivity contribution in [2.24, 2.45) is 11.8 Å². The lowest BCUT2D eigenvalue weighted by Gasteiger charge is -2.19. The summed E-state index contributed by atoms with van der Waals surface area (Å²) in [6.45, 7) is 6.41. The van der Waals surface area contributed by atoms with Gasteiger partial charge in [-0.1, -0.05) is 19.9 Å². The molecule has 3 heteroatoms. The minimum Gasteiger partial charge on any atom is -0.398 e. The maximum atomic E-state index is 12.1. The van der Waals surface area contributed by atoms with Crippen LogP contribution in [0, 0.1) is 18.8 Å². The first-order chi connectivity index (χ1) is 8.49. The highest BCUT2D eigenvalue weighted by Crippen LogP contribution is 2.31. The Morgan fingerprint density at radius 1 is 1.33 bits per heavy atom. The van der Waals surface area contributed by atoms with Gasteiger partial charge in [0.1, 0.15) is 0 Å². The highest BCUT2D eigenvalue weighted by molar-refractivity contribution is 5.95. The molecule has 1 saturated carbocycles. The van der Waals surface area contributed by atoms with Crippen molar-refractivity contribution in [3.05, 3.63) is 29.3 Å². The van der Waals surface area contributed by atoms with Crippen LogP contribution in [0.25, 0.3) is 0 Å². The highest BCUT2D eigenvalue weighted by Gasteiger charge is 2.30. The normalized spacial score (nSPS) is 27.2. The Morgan fingerprint density at radius 3 is 2.61 bits per heavy atom. The maximum Gasteiger partial charge on any atom is 0.251 e. The van der Waals surface area contributed by atoms with E-state index < -0.39 is 0 Å². The van der Waals surface area contributed by atoms with Gasteiger partial charge < -0.3 is 11.1 Å². The van der Waals surface area contributed by atoms with Crippen LogP contribution in [0.2, 0.25) is 0 Å². The third-order valence-corrected chi connectivity index (χ3v) is 4.32. The average molecular weight is 246 g/mol. The molecule has 3 atom stereocenters. The molecule has 1 aliphatic rings. The van der Waals surface area contributed by atoms with Crippen LogP contribution in [0.15, 0.2) is 18.2 Å². The monoisotopic (exact) mass is 246 g/mol. The van der Waals surface area contributed by atoms with Crippen LogP contribution in [0.4, 0.5) is 5.69 Å². The molecule has 0 radical (unpaired) electrons. The molecule has 1 aliphatic carbocycles. The predicted molar refractivity (Wildman–Crippen MR) is 74.4 cm³/mol. The van der Waals surface area contributed by atoms with Gasteiger partial charge in [0.15, 0.2) is 0 Å². The van der Waals surface area contributed by atoms with E-state index in [0.29, 0.717) is 29.1 Å². The molecule has 0 heterocycles. The fourth-order valence-electron chi connectivity index (χ4n) is 2.60. The molecule has 3 nitrogen and oxygen atoms in total. The van der Waals surface area contributed by atoms with E-state index in [2.05, 4.69) is 19.2 Å². The smallest absolute Gasteiger partial charge is 0.251 e. The summed E-state index contributed by atoms with van der Waals surface area (Å²) in [7, 11) is 0. The summed E-state index contributed by atoms with van der Waals surface area (Å²) in [5.41, 5.74) is 8.18. The van der Waals surface area contributed by atoms with Crippen molar-refractivity contribution in [2.75, 3.05) is 5.73 Å². The van der Waals surface area contributed by atoms with Crippen molar-refractivity contribution in [3.63, 3.8) is 0 Å². The molecule has 1 fully saturated rings. The first kappa shape index (κ1) is 12.9. The molecule has 1 amide bonds. The molecule has 0 aliphatic heterocycles. The van der Waals surface area contributed by atoms with Crippen molar-refractivity contribution in [3.8, 4) is 0 Å². The number of hydrogen-bond acceptors (Lipinski definition) is 2. The van der Waals surface area contributed by atoms with Crippen LogP contribution in [0.1, 0.15) is 42.6 Å². The lowest BCUT2D eigenvalue weighted by atomic mass is 9.97. The summed E-state index contributed by atoms with van der Waals surface area (Å²) in [6, 6.07) is 5.79. The zero-order valence-electron chi connectivity index (χ0n) is 11.4. The molecule has 3 unspecified atom stereocenters. The van der Waals surface area contributed by atoms with E-state index in [1.165, 1.54) is 6.42 Å². The van der Waals surface area contributed by atoms with Crippen LogP contribution in [-0.2, 0) is 0 Å². The first-order valence-electron chi connectivity index (χ1n) is 6.66. The van der Waals surface area contributed by atoms with Crippen molar-refractivity contribution in [1.29, 1.82) is 0 Å². The number of nitrogen functional groups attached to an aromatic ring is 1. The number of nitrogens with one attached hydrogen (secondary N) is 1. The molecule has 0 bridgehead atoms. The number of anilines is 1. The fraction of sp³-hybridized carbons (Fsp3) is 0.533. The molecule has 1 aromatic carbocycles. The van der Waals surface area contributed by atoms with Crippen molar-refractivity contribution in [1.82, 2.24) is 5.32 Å². The van der Waals surface area contributed by atoms with E-state index in [1.807, 2.05) is 19.1 Å². The van der Waals surface area contributed by atoms with Crippen molar-refractivity contribution >= 4 is 11.6 Å². The number of hydrogen-bond donors (Lipinski definition) is 2. The van der Waals surface area contributed by atoms with Crippen molar-refractivity contribution in [2.45, 2.75) is 39.7 Å². The van der Waals surface area contributed by atoms with Crippen molar-refractivity contribution < 1.29 is 4.79 Å². The second kappa shape index (κ2) is 5.01. The van der Waals surface area contributed by atoms with E-state index in [1.54, 1.807) is 6.07 Å². The zero-order valence-corrected chi connectivity index (χ0v) is 11.4. The molecule has 3 N–H and O–H groups in total. The number of aryl methyl sites for hydroxylation is 1. The number of rotatable bonds is 2. The zero-order chi connectivity index (χ0) is 13.3. The highest BCUT2D eigenvalue weighted by atomic mass is 16.1. The lowest BCUT2D eigenvalue weighted by Crippen LogP contribution is -2.37. The Kier molecular flexibility index (Phi) is 3.60. The number of amides is 1. The minimum absolute atomic E-state index is 0.00681. The standard InChI is InChI=1S/C15H22N2O/c1-9-5-7-14(11(9)3)17-15(18)12-6-4-10(2)13(16)8-12/h4,6,8-9,11,14H,5,7,16H2,1-3H3,(H,17,18). The molecular formula is C15H22N2O. The molecule has 18 heavy (non-hydrogen) atoms. The van der Waals surface area contributed by atoms with Gasteiger partial charge in [0.25, 0.3) is 5.91 Å². The van der Waals surface area contributed by atoms with E-state index in [-0.39, 0.29) is 5.91 Å². The summed E-state index contributed by atoms with van der Waals surface area (Å²) in [6.07, 6.45) is 2.28. The van der Waals surface area contributed by atoms with Gasteiger partial charge in [0.05, 0.1) is 0 Å². The number of benzene rings is 1. The van der Waals surface area contributed by atoms with E-state index in [0.717, 1.165) is 12.0 Å². The summed E-state index contributed by atoms with van der Waals surface area (Å²) in [5, 5.41) is 3.13. The molecule has 0 aromatic heterocycles. The lowest BCUT2D eigenvalue weighted by molar-refractivity contribution is 0.0927. The van der Waals surface area contributed by atoms with Gasteiger partial charge in [-0.3, -0.25) is 4.79 Å². The van der Waals surface area contributed by atoms with Crippen LogP contribution < -0.4 is 11.1 Å². The van der Waals surface area contributed by atoms with Gasteiger partial charge in [0.2, 0.25) is 0 Å². The van der Waals surface area contributed by atoms with E-state index in [9.17, 15) is 4.79 Å². The Labute approximate surface area is 109 Å². The van der Waals surface area contributed by atoms with Gasteiger partial charge in [-0.2, -0.15) is 0 Å². The summed E-state index contributed by atoms with van der Waals surface area (Å²) >= 11 is 0. The fourth-order valence-corrected chi connectivity index (χ4v) is 2.60.